The number of hydrogen-bond donors (Lipinski definition) is 1. The molecule has 0 saturated heterocycles. The lowest BCUT2D eigenvalue weighted by atomic mass is 10.1. The Labute approximate surface area is 111 Å². The number of aliphatic hydroxyl groups excluding tert-OH is 1. The van der Waals surface area contributed by atoms with E-state index in [1.54, 1.807) is 19.1 Å². The van der Waals surface area contributed by atoms with Gasteiger partial charge in [0.05, 0.1) is 6.10 Å². The van der Waals surface area contributed by atoms with Gasteiger partial charge in [-0.2, -0.15) is 0 Å². The molecule has 1 nitrogen and oxygen atoms in total. The van der Waals surface area contributed by atoms with Crippen LogP contribution in [0.25, 0.3) is 0 Å². The SMILES string of the molecule is Cc1ccc(Sc2ccc([C@@H](C)O)cc2F)cc1. The second-order valence-corrected chi connectivity index (χ2v) is 5.40. The van der Waals surface area contributed by atoms with Gasteiger partial charge in [-0.15, -0.1) is 0 Å². The molecular formula is C15H15FOS. The molecule has 0 bridgehead atoms. The van der Waals surface area contributed by atoms with Gasteiger partial charge in [0.15, 0.2) is 0 Å². The van der Waals surface area contributed by atoms with Gasteiger partial charge in [-0.05, 0) is 43.7 Å². The highest BCUT2D eigenvalue weighted by atomic mass is 32.2. The molecule has 0 aliphatic rings. The van der Waals surface area contributed by atoms with Crippen molar-refractivity contribution in [3.63, 3.8) is 0 Å². The van der Waals surface area contributed by atoms with Crippen molar-refractivity contribution in [1.29, 1.82) is 0 Å². The van der Waals surface area contributed by atoms with Crippen LogP contribution in [0.5, 0.6) is 0 Å². The van der Waals surface area contributed by atoms with E-state index in [9.17, 15) is 9.50 Å². The van der Waals surface area contributed by atoms with E-state index in [-0.39, 0.29) is 5.82 Å². The smallest absolute Gasteiger partial charge is 0.137 e. The summed E-state index contributed by atoms with van der Waals surface area (Å²) in [5.74, 6) is -0.293. The van der Waals surface area contributed by atoms with Crippen molar-refractivity contribution in [3.8, 4) is 0 Å². The average Bonchev–Trinajstić information content (AvgIpc) is 2.34. The van der Waals surface area contributed by atoms with Crippen molar-refractivity contribution in [1.82, 2.24) is 0 Å². The van der Waals surface area contributed by atoms with Crippen molar-refractivity contribution in [2.24, 2.45) is 0 Å². The standard InChI is InChI=1S/C15H15FOS/c1-10-3-6-13(7-4-10)18-15-8-5-12(11(2)17)9-14(15)16/h3-9,11,17H,1-2H3/t11-/m1/s1. The van der Waals surface area contributed by atoms with Gasteiger partial charge in [0.2, 0.25) is 0 Å². The van der Waals surface area contributed by atoms with E-state index in [2.05, 4.69) is 0 Å². The summed E-state index contributed by atoms with van der Waals surface area (Å²) >= 11 is 1.39. The number of aliphatic hydroxyl groups is 1. The fraction of sp³-hybridized carbons (Fsp3) is 0.200. The Kier molecular flexibility index (Phi) is 4.04. The molecule has 0 spiro atoms. The predicted molar refractivity (Wildman–Crippen MR) is 72.3 cm³/mol. The van der Waals surface area contributed by atoms with Gasteiger partial charge in [0.1, 0.15) is 5.82 Å². The summed E-state index contributed by atoms with van der Waals surface area (Å²) in [5, 5.41) is 9.39. The fourth-order valence-corrected chi connectivity index (χ4v) is 2.41. The summed E-state index contributed by atoms with van der Waals surface area (Å²) in [6.07, 6.45) is -0.641. The van der Waals surface area contributed by atoms with Crippen molar-refractivity contribution >= 4 is 11.8 Å². The summed E-state index contributed by atoms with van der Waals surface area (Å²) in [6, 6.07) is 12.8. The first-order valence-corrected chi connectivity index (χ1v) is 6.60. The zero-order valence-electron chi connectivity index (χ0n) is 10.4. The highest BCUT2D eigenvalue weighted by molar-refractivity contribution is 7.99. The van der Waals surface area contributed by atoms with Gasteiger partial charge >= 0.3 is 0 Å². The van der Waals surface area contributed by atoms with Gasteiger partial charge < -0.3 is 5.11 Å². The maximum absolute atomic E-state index is 13.8. The van der Waals surface area contributed by atoms with Crippen LogP contribution in [0.15, 0.2) is 52.3 Å². The summed E-state index contributed by atoms with van der Waals surface area (Å²) < 4.78 is 13.8. The third-order valence-corrected chi connectivity index (χ3v) is 3.75. The molecule has 18 heavy (non-hydrogen) atoms. The summed E-state index contributed by atoms with van der Waals surface area (Å²) in [4.78, 5) is 1.58. The quantitative estimate of drug-likeness (QED) is 0.888. The lowest BCUT2D eigenvalue weighted by Crippen LogP contribution is -1.92. The Morgan fingerprint density at radius 2 is 1.78 bits per heavy atom. The minimum Gasteiger partial charge on any atom is -0.389 e. The normalized spacial score (nSPS) is 12.4. The molecule has 2 aromatic carbocycles. The van der Waals surface area contributed by atoms with Crippen LogP contribution in [0.1, 0.15) is 24.2 Å². The van der Waals surface area contributed by atoms with Gasteiger partial charge in [-0.1, -0.05) is 35.5 Å². The Bertz CT molecular complexity index is 535. The molecule has 1 atom stereocenters. The van der Waals surface area contributed by atoms with E-state index in [1.807, 2.05) is 31.2 Å². The van der Waals surface area contributed by atoms with Crippen molar-refractivity contribution in [3.05, 3.63) is 59.4 Å². The Balaban J connectivity index is 2.22. The third kappa shape index (κ3) is 3.12. The van der Waals surface area contributed by atoms with Gasteiger partial charge in [0.25, 0.3) is 0 Å². The molecule has 0 heterocycles. The molecule has 1 N–H and O–H groups in total. The summed E-state index contributed by atoms with van der Waals surface area (Å²) in [6.45, 7) is 3.65. The van der Waals surface area contributed by atoms with E-state index in [0.717, 1.165) is 4.90 Å². The third-order valence-electron chi connectivity index (χ3n) is 2.69. The second kappa shape index (κ2) is 5.55. The van der Waals surface area contributed by atoms with E-state index >= 15 is 0 Å². The Morgan fingerprint density at radius 1 is 1.11 bits per heavy atom. The van der Waals surface area contributed by atoms with Crippen LogP contribution in [0.2, 0.25) is 0 Å². The molecule has 0 radical (unpaired) electrons. The maximum atomic E-state index is 13.8. The van der Waals surface area contributed by atoms with E-state index in [0.29, 0.717) is 10.5 Å². The maximum Gasteiger partial charge on any atom is 0.137 e. The molecular weight excluding hydrogens is 247 g/mol. The Morgan fingerprint density at radius 3 is 2.33 bits per heavy atom. The predicted octanol–water partition coefficient (Wildman–Crippen LogP) is 4.34. The number of rotatable bonds is 3. The molecule has 0 aliphatic heterocycles. The highest BCUT2D eigenvalue weighted by Crippen LogP contribution is 2.31. The topological polar surface area (TPSA) is 20.2 Å². The largest absolute Gasteiger partial charge is 0.389 e. The fourth-order valence-electron chi connectivity index (χ4n) is 1.59. The van der Waals surface area contributed by atoms with Crippen molar-refractivity contribution < 1.29 is 9.50 Å². The van der Waals surface area contributed by atoms with Crippen LogP contribution in [0, 0.1) is 12.7 Å². The van der Waals surface area contributed by atoms with Crippen LogP contribution in [0.3, 0.4) is 0 Å². The highest BCUT2D eigenvalue weighted by Gasteiger charge is 2.08. The van der Waals surface area contributed by atoms with Crippen LogP contribution in [-0.4, -0.2) is 5.11 Å². The Hall–Kier alpha value is -1.32. The van der Waals surface area contributed by atoms with Gasteiger partial charge in [-0.3, -0.25) is 0 Å². The average molecular weight is 262 g/mol. The molecule has 2 rings (SSSR count). The monoisotopic (exact) mass is 262 g/mol. The number of halogens is 1. The van der Waals surface area contributed by atoms with Gasteiger partial charge in [0, 0.05) is 9.79 Å². The van der Waals surface area contributed by atoms with Crippen LogP contribution in [0.4, 0.5) is 4.39 Å². The molecule has 0 saturated carbocycles. The van der Waals surface area contributed by atoms with E-state index in [1.165, 1.54) is 23.4 Å². The zero-order chi connectivity index (χ0) is 13.1. The molecule has 0 aliphatic carbocycles. The number of aryl methyl sites for hydroxylation is 1. The van der Waals surface area contributed by atoms with E-state index < -0.39 is 6.10 Å². The molecule has 0 amide bonds. The molecule has 94 valence electrons. The molecule has 0 fully saturated rings. The second-order valence-electron chi connectivity index (χ2n) is 4.28. The lowest BCUT2D eigenvalue weighted by Gasteiger charge is -2.08. The van der Waals surface area contributed by atoms with Crippen molar-refractivity contribution in [2.45, 2.75) is 29.7 Å². The lowest BCUT2D eigenvalue weighted by molar-refractivity contribution is 0.198. The first kappa shape index (κ1) is 13.1. The van der Waals surface area contributed by atoms with Crippen LogP contribution < -0.4 is 0 Å². The van der Waals surface area contributed by atoms with Crippen LogP contribution >= 0.6 is 11.8 Å². The molecule has 0 aromatic heterocycles. The minimum absolute atomic E-state index is 0.293. The van der Waals surface area contributed by atoms with Crippen molar-refractivity contribution in [2.75, 3.05) is 0 Å². The van der Waals surface area contributed by atoms with Gasteiger partial charge in [-0.25, -0.2) is 4.39 Å². The van der Waals surface area contributed by atoms with E-state index in [4.69, 9.17) is 0 Å². The zero-order valence-corrected chi connectivity index (χ0v) is 11.2. The summed E-state index contributed by atoms with van der Waals surface area (Å²) in [5.41, 5.74) is 1.78. The minimum atomic E-state index is -0.641. The number of hydrogen-bond acceptors (Lipinski definition) is 2. The first-order valence-electron chi connectivity index (χ1n) is 5.78. The number of benzene rings is 2. The van der Waals surface area contributed by atoms with Crippen LogP contribution in [-0.2, 0) is 0 Å². The summed E-state index contributed by atoms with van der Waals surface area (Å²) in [7, 11) is 0. The first-order chi connectivity index (χ1) is 8.56. The molecule has 0 unspecified atom stereocenters. The molecule has 2 aromatic rings. The molecule has 3 heteroatoms.